The van der Waals surface area contributed by atoms with Gasteiger partial charge in [-0.15, -0.1) is 11.6 Å². The number of esters is 1. The van der Waals surface area contributed by atoms with Gasteiger partial charge in [-0.3, -0.25) is 4.79 Å². The molecular weight excluding hydrogens is 192 g/mol. The summed E-state index contributed by atoms with van der Waals surface area (Å²) in [4.78, 5) is 22.2. The molecule has 0 amide bonds. The van der Waals surface area contributed by atoms with Crippen molar-refractivity contribution in [1.29, 1.82) is 0 Å². The molecule has 0 N–H and O–H groups in total. The number of ether oxygens (including phenoxy) is 1. The van der Waals surface area contributed by atoms with Crippen LogP contribution in [0.1, 0.15) is 34.1 Å². The Morgan fingerprint density at radius 3 is 2.15 bits per heavy atom. The summed E-state index contributed by atoms with van der Waals surface area (Å²) in [5, 5.41) is -1.16. The summed E-state index contributed by atoms with van der Waals surface area (Å²) >= 11 is 5.56. The van der Waals surface area contributed by atoms with Gasteiger partial charge in [0.25, 0.3) is 0 Å². The molecule has 1 atom stereocenters. The van der Waals surface area contributed by atoms with Gasteiger partial charge < -0.3 is 4.74 Å². The van der Waals surface area contributed by atoms with E-state index < -0.39 is 16.9 Å². The average Bonchev–Trinajstić information content (AvgIpc) is 1.98. The van der Waals surface area contributed by atoms with Gasteiger partial charge >= 0.3 is 5.97 Å². The zero-order valence-corrected chi connectivity index (χ0v) is 9.14. The second kappa shape index (κ2) is 4.61. The Labute approximate surface area is 83.4 Å². The Hall–Kier alpha value is -0.570. The zero-order chi connectivity index (χ0) is 10.6. The molecule has 0 saturated heterocycles. The molecule has 4 heteroatoms. The number of Topliss-reactive ketones (excluding diaryl/α,β-unsaturated/α-hetero) is 1. The highest BCUT2D eigenvalue weighted by Crippen LogP contribution is 2.12. The molecular formula is C9H15ClO3. The number of carbonyl (C=O) groups excluding carboxylic acids is 2. The maximum atomic E-state index is 11.2. The van der Waals surface area contributed by atoms with Crippen LogP contribution in [0.15, 0.2) is 0 Å². The lowest BCUT2D eigenvalue weighted by molar-refractivity contribution is -0.155. The van der Waals surface area contributed by atoms with E-state index in [0.29, 0.717) is 0 Å². The van der Waals surface area contributed by atoms with Crippen molar-refractivity contribution >= 4 is 23.4 Å². The Morgan fingerprint density at radius 1 is 1.38 bits per heavy atom. The van der Waals surface area contributed by atoms with Gasteiger partial charge in [-0.05, 0) is 20.8 Å². The van der Waals surface area contributed by atoms with Crippen LogP contribution in [0, 0.1) is 0 Å². The van der Waals surface area contributed by atoms with Crippen LogP contribution in [-0.2, 0) is 14.3 Å². The van der Waals surface area contributed by atoms with E-state index in [-0.39, 0.29) is 12.2 Å². The van der Waals surface area contributed by atoms with Crippen LogP contribution in [0.2, 0.25) is 0 Å². The fourth-order valence-corrected chi connectivity index (χ4v) is 0.863. The van der Waals surface area contributed by atoms with Crippen molar-refractivity contribution in [3.8, 4) is 0 Å². The molecule has 3 nitrogen and oxygen atoms in total. The van der Waals surface area contributed by atoms with E-state index in [1.54, 1.807) is 27.7 Å². The predicted octanol–water partition coefficient (Wildman–Crippen LogP) is 1.91. The number of carbonyl (C=O) groups is 2. The minimum absolute atomic E-state index is 0.243. The molecule has 0 aliphatic rings. The van der Waals surface area contributed by atoms with Crippen molar-refractivity contribution in [2.75, 3.05) is 0 Å². The lowest BCUT2D eigenvalue weighted by Gasteiger charge is -2.20. The molecule has 0 rings (SSSR count). The fourth-order valence-electron chi connectivity index (χ4n) is 0.664. The Balaban J connectivity index is 4.20. The SMILES string of the molecule is CCC(=O)C(Cl)C(=O)OC(C)(C)C. The highest BCUT2D eigenvalue weighted by molar-refractivity contribution is 6.41. The predicted molar refractivity (Wildman–Crippen MR) is 50.8 cm³/mol. The van der Waals surface area contributed by atoms with Gasteiger partial charge in [0.1, 0.15) is 5.60 Å². The Bertz CT molecular complexity index is 205. The lowest BCUT2D eigenvalue weighted by atomic mass is 10.2. The van der Waals surface area contributed by atoms with Crippen molar-refractivity contribution in [3.63, 3.8) is 0 Å². The molecule has 1 unspecified atom stereocenters. The third-order valence-corrected chi connectivity index (χ3v) is 1.67. The van der Waals surface area contributed by atoms with E-state index in [1.807, 2.05) is 0 Å². The van der Waals surface area contributed by atoms with Crippen LogP contribution < -0.4 is 0 Å². The van der Waals surface area contributed by atoms with Gasteiger partial charge in [-0.2, -0.15) is 0 Å². The van der Waals surface area contributed by atoms with Gasteiger partial charge in [0, 0.05) is 6.42 Å². The fraction of sp³-hybridized carbons (Fsp3) is 0.778. The first kappa shape index (κ1) is 12.4. The first-order valence-corrected chi connectivity index (χ1v) is 4.61. The molecule has 0 aliphatic heterocycles. The van der Waals surface area contributed by atoms with Crippen LogP contribution in [0.5, 0.6) is 0 Å². The van der Waals surface area contributed by atoms with Crippen molar-refractivity contribution in [2.24, 2.45) is 0 Å². The molecule has 76 valence electrons. The number of hydrogen-bond acceptors (Lipinski definition) is 3. The second-order valence-corrected chi connectivity index (χ2v) is 4.15. The topological polar surface area (TPSA) is 43.4 Å². The normalized spacial score (nSPS) is 13.6. The molecule has 0 aromatic heterocycles. The minimum atomic E-state index is -1.16. The molecule has 0 spiro atoms. The molecule has 0 aromatic rings. The average molecular weight is 207 g/mol. The second-order valence-electron chi connectivity index (χ2n) is 3.72. The maximum absolute atomic E-state index is 11.2. The van der Waals surface area contributed by atoms with E-state index in [9.17, 15) is 9.59 Å². The van der Waals surface area contributed by atoms with E-state index in [1.165, 1.54) is 0 Å². The number of ketones is 1. The monoisotopic (exact) mass is 206 g/mol. The van der Waals surface area contributed by atoms with E-state index in [0.717, 1.165) is 0 Å². The molecule has 13 heavy (non-hydrogen) atoms. The van der Waals surface area contributed by atoms with Gasteiger partial charge in [-0.25, -0.2) is 4.79 Å². The van der Waals surface area contributed by atoms with Gasteiger partial charge in [0.15, 0.2) is 11.2 Å². The first-order valence-electron chi connectivity index (χ1n) is 4.17. The van der Waals surface area contributed by atoms with Crippen LogP contribution in [0.4, 0.5) is 0 Å². The van der Waals surface area contributed by atoms with Crippen molar-refractivity contribution in [3.05, 3.63) is 0 Å². The molecule has 0 heterocycles. The first-order chi connectivity index (χ1) is 5.78. The molecule has 0 radical (unpaired) electrons. The summed E-state index contributed by atoms with van der Waals surface area (Å²) < 4.78 is 4.93. The summed E-state index contributed by atoms with van der Waals surface area (Å²) in [5.41, 5.74) is -0.599. The van der Waals surface area contributed by atoms with Crippen LogP contribution in [0.25, 0.3) is 0 Å². The van der Waals surface area contributed by atoms with Crippen LogP contribution in [0.3, 0.4) is 0 Å². The van der Waals surface area contributed by atoms with E-state index in [4.69, 9.17) is 16.3 Å². The third kappa shape index (κ3) is 4.88. The number of hydrogen-bond donors (Lipinski definition) is 0. The smallest absolute Gasteiger partial charge is 0.332 e. The molecule has 0 aromatic carbocycles. The van der Waals surface area contributed by atoms with Gasteiger partial charge in [0.2, 0.25) is 0 Å². The summed E-state index contributed by atoms with van der Waals surface area (Å²) in [7, 11) is 0. The quantitative estimate of drug-likeness (QED) is 0.403. The standard InChI is InChI=1S/C9H15ClO3/c1-5-6(11)7(10)8(12)13-9(2,3)4/h7H,5H2,1-4H3. The van der Waals surface area contributed by atoms with Gasteiger partial charge in [0.05, 0.1) is 0 Å². The highest BCUT2D eigenvalue weighted by Gasteiger charge is 2.27. The van der Waals surface area contributed by atoms with E-state index >= 15 is 0 Å². The van der Waals surface area contributed by atoms with Crippen LogP contribution >= 0.6 is 11.6 Å². The van der Waals surface area contributed by atoms with Crippen molar-refractivity contribution in [2.45, 2.75) is 45.1 Å². The van der Waals surface area contributed by atoms with E-state index in [2.05, 4.69) is 0 Å². The third-order valence-electron chi connectivity index (χ3n) is 1.24. The lowest BCUT2D eigenvalue weighted by Crippen LogP contribution is -2.33. The molecule has 0 fully saturated rings. The number of halogens is 1. The van der Waals surface area contributed by atoms with Crippen molar-refractivity contribution < 1.29 is 14.3 Å². The molecule has 0 aliphatic carbocycles. The summed E-state index contributed by atoms with van der Waals surface area (Å²) in [5.74, 6) is -0.975. The minimum Gasteiger partial charge on any atom is -0.459 e. The molecule has 0 bridgehead atoms. The zero-order valence-electron chi connectivity index (χ0n) is 8.39. The summed E-state index contributed by atoms with van der Waals surface area (Å²) in [6, 6.07) is 0. The number of rotatable bonds is 3. The Kier molecular flexibility index (Phi) is 4.40. The summed E-state index contributed by atoms with van der Waals surface area (Å²) in [6.45, 7) is 6.84. The van der Waals surface area contributed by atoms with Crippen LogP contribution in [-0.4, -0.2) is 22.7 Å². The van der Waals surface area contributed by atoms with Crippen molar-refractivity contribution in [1.82, 2.24) is 0 Å². The summed E-state index contributed by atoms with van der Waals surface area (Å²) in [6.07, 6.45) is 0.243. The highest BCUT2D eigenvalue weighted by atomic mass is 35.5. The Morgan fingerprint density at radius 2 is 1.85 bits per heavy atom. The van der Waals surface area contributed by atoms with Gasteiger partial charge in [-0.1, -0.05) is 6.92 Å². The number of alkyl halides is 1. The maximum Gasteiger partial charge on any atom is 0.332 e. The largest absolute Gasteiger partial charge is 0.459 e. The molecule has 0 saturated carbocycles.